The fourth-order valence-electron chi connectivity index (χ4n) is 6.14. The molecule has 1 spiro atoms. The lowest BCUT2D eigenvalue weighted by molar-refractivity contribution is -0.170. The average Bonchev–Trinajstić information content (AvgIpc) is 3.08. The summed E-state index contributed by atoms with van der Waals surface area (Å²) in [5.74, 6) is -1.65. The molecule has 0 aromatic heterocycles. The van der Waals surface area contributed by atoms with Crippen molar-refractivity contribution in [3.05, 3.63) is 40.7 Å². The van der Waals surface area contributed by atoms with Crippen LogP contribution >= 0.6 is 0 Å². The van der Waals surface area contributed by atoms with Crippen LogP contribution in [-0.4, -0.2) is 63.5 Å². The minimum atomic E-state index is -1.10. The van der Waals surface area contributed by atoms with Crippen LogP contribution in [0.5, 0.6) is 5.75 Å². The molecule has 1 aromatic carbocycles. The molecule has 8 heteroatoms. The number of carboxylic acid groups (broad SMARTS) is 1. The molecule has 4 aliphatic rings. The van der Waals surface area contributed by atoms with Gasteiger partial charge < -0.3 is 29.7 Å². The van der Waals surface area contributed by atoms with Gasteiger partial charge in [0.25, 0.3) is 0 Å². The number of ether oxygens (including phenoxy) is 2. The third-order valence-corrected chi connectivity index (χ3v) is 7.75. The van der Waals surface area contributed by atoms with Crippen LogP contribution in [0.2, 0.25) is 0 Å². The van der Waals surface area contributed by atoms with Gasteiger partial charge in [-0.05, 0) is 38.1 Å². The Kier molecular flexibility index (Phi) is 4.48. The van der Waals surface area contributed by atoms with E-state index >= 15 is 0 Å². The van der Waals surface area contributed by atoms with E-state index in [0.29, 0.717) is 36.3 Å². The number of carboxylic acids is 1. The normalized spacial score (nSPS) is 33.7. The van der Waals surface area contributed by atoms with E-state index in [1.807, 2.05) is 19.2 Å². The highest BCUT2D eigenvalue weighted by atomic mass is 16.6. The number of carbonyl (C=O) groups is 2. The highest BCUT2D eigenvalue weighted by molar-refractivity contribution is 5.79. The van der Waals surface area contributed by atoms with Gasteiger partial charge in [0.1, 0.15) is 11.5 Å². The van der Waals surface area contributed by atoms with Crippen molar-refractivity contribution in [1.82, 2.24) is 4.90 Å². The Morgan fingerprint density at radius 1 is 1.39 bits per heavy atom. The minimum absolute atomic E-state index is 0.105. The molecule has 0 saturated carbocycles. The van der Waals surface area contributed by atoms with Crippen LogP contribution in [0, 0.1) is 5.92 Å². The highest BCUT2D eigenvalue weighted by Gasteiger charge is 2.71. The predicted octanol–water partition coefficient (Wildman–Crippen LogP) is 1.11. The number of piperidine rings is 1. The fraction of sp³-hybridized carbons (Fsp3) is 0.565. The van der Waals surface area contributed by atoms with Crippen LogP contribution in [0.3, 0.4) is 0 Å². The maximum Gasteiger partial charge on any atom is 0.311 e. The molecule has 1 fully saturated rings. The van der Waals surface area contributed by atoms with Crippen LogP contribution in [0.25, 0.3) is 0 Å². The SMILES string of the molecule is C[C@H](CC(=O)OC1=CC[C@@]2(O)[C@H]3Cc4ccc(CO)c5c4C2(CCN3C)C1O5)C(=O)O. The number of esters is 1. The van der Waals surface area contributed by atoms with Crippen molar-refractivity contribution in [2.45, 2.75) is 62.4 Å². The van der Waals surface area contributed by atoms with E-state index in [4.69, 9.17) is 14.6 Å². The van der Waals surface area contributed by atoms with Crippen LogP contribution in [-0.2, 0) is 32.8 Å². The Morgan fingerprint density at radius 3 is 2.87 bits per heavy atom. The number of benzene rings is 1. The highest BCUT2D eigenvalue weighted by Crippen LogP contribution is 2.64. The van der Waals surface area contributed by atoms with Crippen molar-refractivity contribution in [2.75, 3.05) is 13.6 Å². The average molecular weight is 429 g/mol. The fourth-order valence-corrected chi connectivity index (χ4v) is 6.14. The summed E-state index contributed by atoms with van der Waals surface area (Å²) in [6.45, 7) is 2.02. The van der Waals surface area contributed by atoms with Crippen molar-refractivity contribution in [3.8, 4) is 5.75 Å². The number of nitrogens with zero attached hydrogens (tertiary/aromatic N) is 1. The van der Waals surface area contributed by atoms with E-state index in [9.17, 15) is 19.8 Å². The molecule has 1 saturated heterocycles. The Morgan fingerprint density at radius 2 is 2.16 bits per heavy atom. The van der Waals surface area contributed by atoms with E-state index < -0.39 is 35.0 Å². The third kappa shape index (κ3) is 2.58. The summed E-state index contributed by atoms with van der Waals surface area (Å²) in [4.78, 5) is 25.8. The molecule has 8 nitrogen and oxygen atoms in total. The lowest BCUT2D eigenvalue weighted by Gasteiger charge is -2.61. The minimum Gasteiger partial charge on any atom is -0.481 e. The molecule has 5 atom stereocenters. The van der Waals surface area contributed by atoms with Gasteiger partial charge in [0.15, 0.2) is 6.10 Å². The monoisotopic (exact) mass is 429 g/mol. The van der Waals surface area contributed by atoms with E-state index in [-0.39, 0.29) is 19.1 Å². The van der Waals surface area contributed by atoms with Crippen molar-refractivity contribution >= 4 is 11.9 Å². The van der Waals surface area contributed by atoms with Gasteiger partial charge in [-0.1, -0.05) is 19.1 Å². The van der Waals surface area contributed by atoms with Crippen molar-refractivity contribution < 1.29 is 34.4 Å². The van der Waals surface area contributed by atoms with Gasteiger partial charge in [0.2, 0.25) is 0 Å². The topological polar surface area (TPSA) is 117 Å². The summed E-state index contributed by atoms with van der Waals surface area (Å²) in [5.41, 5.74) is 0.786. The lowest BCUT2D eigenvalue weighted by atomic mass is 9.50. The second-order valence-electron chi connectivity index (χ2n) is 9.32. The molecule has 5 rings (SSSR count). The molecule has 31 heavy (non-hydrogen) atoms. The quantitative estimate of drug-likeness (QED) is 0.596. The van der Waals surface area contributed by atoms with Crippen molar-refractivity contribution in [2.24, 2.45) is 5.92 Å². The molecule has 2 aliphatic heterocycles. The number of rotatable bonds is 5. The molecule has 0 amide bonds. The predicted molar refractivity (Wildman–Crippen MR) is 108 cm³/mol. The summed E-state index contributed by atoms with van der Waals surface area (Å²) in [6.07, 6.45) is 2.37. The van der Waals surface area contributed by atoms with E-state index in [2.05, 4.69) is 4.90 Å². The number of aliphatic carboxylic acids is 1. The summed E-state index contributed by atoms with van der Waals surface area (Å²) in [7, 11) is 2.01. The first kappa shape index (κ1) is 20.5. The molecule has 2 heterocycles. The van der Waals surface area contributed by atoms with E-state index in [0.717, 1.165) is 17.7 Å². The third-order valence-electron chi connectivity index (χ3n) is 7.75. The Balaban J connectivity index is 1.59. The van der Waals surface area contributed by atoms with E-state index in [1.165, 1.54) is 6.92 Å². The van der Waals surface area contributed by atoms with Gasteiger partial charge in [-0.15, -0.1) is 0 Å². The molecule has 1 aromatic rings. The van der Waals surface area contributed by atoms with Gasteiger partial charge in [-0.25, -0.2) is 0 Å². The first-order chi connectivity index (χ1) is 14.7. The summed E-state index contributed by atoms with van der Waals surface area (Å²) < 4.78 is 12.0. The molecular formula is C23H27NO7. The maximum absolute atomic E-state index is 12.5. The summed E-state index contributed by atoms with van der Waals surface area (Å²) in [6, 6.07) is 3.75. The standard InChI is InChI=1S/C23H27NO7/c1-12(21(27)28)9-17(26)30-15-5-6-23(29)16-10-13-3-4-14(11-25)19-18(13)22(23,20(15)31-19)7-8-24(16)2/h3-5,12,16,20,25,29H,6-11H2,1-2H3,(H,27,28)/t12-,16-,20?,22?,23-/m1/s1. The van der Waals surface area contributed by atoms with Gasteiger partial charge in [0, 0.05) is 23.6 Å². The number of likely N-dealkylation sites (N-methyl/N-ethyl adjacent to an activating group) is 1. The van der Waals surface area contributed by atoms with Gasteiger partial charge in [0.05, 0.1) is 30.0 Å². The Bertz CT molecular complexity index is 1000. The second-order valence-corrected chi connectivity index (χ2v) is 9.32. The smallest absolute Gasteiger partial charge is 0.311 e. The van der Waals surface area contributed by atoms with Crippen LogP contribution in [0.4, 0.5) is 0 Å². The number of likely N-dealkylation sites (tertiary alicyclic amines) is 1. The molecule has 2 aliphatic carbocycles. The Hall–Kier alpha value is -2.42. The number of aliphatic hydroxyl groups excluding tert-OH is 1. The molecule has 166 valence electrons. The zero-order valence-electron chi connectivity index (χ0n) is 17.6. The summed E-state index contributed by atoms with van der Waals surface area (Å²) in [5, 5.41) is 31.1. The number of carbonyl (C=O) groups excluding carboxylic acids is 1. The first-order valence-electron chi connectivity index (χ1n) is 10.7. The number of hydrogen-bond donors (Lipinski definition) is 3. The molecule has 2 unspecified atom stereocenters. The molecule has 0 radical (unpaired) electrons. The van der Waals surface area contributed by atoms with Crippen LogP contribution in [0.1, 0.15) is 42.9 Å². The van der Waals surface area contributed by atoms with Gasteiger partial charge >= 0.3 is 11.9 Å². The zero-order valence-corrected chi connectivity index (χ0v) is 17.6. The zero-order chi connectivity index (χ0) is 22.1. The van der Waals surface area contributed by atoms with Gasteiger partial charge in [-0.3, -0.25) is 9.59 Å². The number of aliphatic hydroxyl groups is 2. The molecular weight excluding hydrogens is 402 g/mol. The Labute approximate surface area is 180 Å². The molecule has 2 bridgehead atoms. The second kappa shape index (κ2) is 6.79. The van der Waals surface area contributed by atoms with E-state index in [1.54, 1.807) is 6.08 Å². The van der Waals surface area contributed by atoms with Crippen LogP contribution in [0.15, 0.2) is 24.0 Å². The first-order valence-corrected chi connectivity index (χ1v) is 10.7. The van der Waals surface area contributed by atoms with Crippen molar-refractivity contribution in [1.29, 1.82) is 0 Å². The maximum atomic E-state index is 12.5. The lowest BCUT2D eigenvalue weighted by Crippen LogP contribution is -2.74. The number of hydrogen-bond acceptors (Lipinski definition) is 7. The van der Waals surface area contributed by atoms with Crippen LogP contribution < -0.4 is 4.74 Å². The largest absolute Gasteiger partial charge is 0.481 e. The van der Waals surface area contributed by atoms with Crippen molar-refractivity contribution in [3.63, 3.8) is 0 Å². The molecule has 3 N–H and O–H groups in total. The van der Waals surface area contributed by atoms with Gasteiger partial charge in [-0.2, -0.15) is 0 Å². The summed E-state index contributed by atoms with van der Waals surface area (Å²) >= 11 is 0.